The van der Waals surface area contributed by atoms with E-state index in [4.69, 9.17) is 23.2 Å². The van der Waals surface area contributed by atoms with Crippen LogP contribution >= 0.6 is 23.2 Å². The second-order valence-corrected chi connectivity index (χ2v) is 4.03. The quantitative estimate of drug-likeness (QED) is 0.221. The zero-order valence-electron chi connectivity index (χ0n) is 9.12. The Morgan fingerprint density at radius 2 is 0.923 bits per heavy atom. The van der Waals surface area contributed by atoms with E-state index < -0.39 is 0 Å². The highest BCUT2D eigenvalue weighted by atomic mass is 35.5. The Morgan fingerprint density at radius 1 is 0.692 bits per heavy atom. The molecule has 0 aromatic carbocycles. The van der Waals surface area contributed by atoms with E-state index in [9.17, 15) is 0 Å². The van der Waals surface area contributed by atoms with Crippen molar-refractivity contribution in [1.82, 2.24) is 0 Å². The van der Waals surface area contributed by atoms with Crippen molar-refractivity contribution in [1.29, 1.82) is 0 Å². The maximum atomic E-state index is 4.76. The molecule has 0 aliphatic rings. The number of hydrogen-bond donors (Lipinski definition) is 0. The lowest BCUT2D eigenvalue weighted by atomic mass is 8.89. The van der Waals surface area contributed by atoms with Gasteiger partial charge in [0.1, 0.15) is 0 Å². The first kappa shape index (κ1) is 16.7. The van der Waals surface area contributed by atoms with Gasteiger partial charge in [0.25, 0.3) is 0 Å². The fourth-order valence-corrected chi connectivity index (χ4v) is 1.21. The third kappa shape index (κ3) is 24.6. The highest BCUT2D eigenvalue weighted by Crippen LogP contribution is 1.73. The fraction of sp³-hybridized carbons (Fsp3) is 1.00. The lowest BCUT2D eigenvalue weighted by Gasteiger charge is -1.88. The Labute approximate surface area is 100 Å². The third-order valence-electron chi connectivity index (χ3n) is 1.96. The molecule has 13 heavy (non-hydrogen) atoms. The molecule has 0 saturated heterocycles. The average Bonchev–Trinajstić information content (AvgIpc) is 2.13. The van der Waals surface area contributed by atoms with E-state index >= 15 is 0 Å². The number of alkyl halides is 2. The van der Waals surface area contributed by atoms with Crippen molar-refractivity contribution in [3.63, 3.8) is 0 Å². The van der Waals surface area contributed by atoms with E-state index in [-0.39, 0.29) is 5.34 Å². The lowest BCUT2D eigenvalue weighted by molar-refractivity contribution is 2.20. The summed E-state index contributed by atoms with van der Waals surface area (Å²) in [5.74, 6) is 0. The predicted molar refractivity (Wildman–Crippen MR) is 90.9 cm³/mol. The minimum atomic E-state index is 0.194. The van der Waals surface area contributed by atoms with Crippen LogP contribution in [0.25, 0.3) is 0 Å². The summed E-state index contributed by atoms with van der Waals surface area (Å²) in [5, 5.41) is 0.194. The van der Waals surface area contributed by atoms with Crippen LogP contribution in [-0.4, -0.2) is 77.3 Å². The van der Waals surface area contributed by atoms with Gasteiger partial charge in [0, 0.05) is 56.5 Å². The maximum Gasteiger partial charge on any atom is 0.0967 e. The number of hydrogen-bond acceptors (Lipinski definition) is 0. The Hall–Kier alpha value is 1.23. The second kappa shape index (κ2) is 18.9. The first-order valence-electron chi connectivity index (χ1n) is 5.45. The van der Waals surface area contributed by atoms with Crippen molar-refractivity contribution >= 4 is 95.2 Å². The smallest absolute Gasteiger partial charge is 0.0967 e. The molecule has 0 aromatic heterocycles. The molecule has 0 atom stereocenters. The van der Waals surface area contributed by atoms with Crippen LogP contribution in [0.1, 0.15) is 0 Å². The largest absolute Gasteiger partial charge is 0.109 e. The molecule has 0 aromatic rings. The highest BCUT2D eigenvalue weighted by molar-refractivity contribution is 7.68. The summed E-state index contributed by atoms with van der Waals surface area (Å²) in [6, 6.07) is 0. The van der Waals surface area contributed by atoms with Crippen molar-refractivity contribution in [3.05, 3.63) is 0 Å². The molecular formula is CH14B10Cl2. The summed E-state index contributed by atoms with van der Waals surface area (Å²) in [4.78, 5) is 0. The van der Waals surface area contributed by atoms with Gasteiger partial charge in [-0.1, -0.05) is 0 Å². The van der Waals surface area contributed by atoms with Crippen molar-refractivity contribution in [2.24, 2.45) is 0 Å². The molecule has 0 heterocycles. The molecule has 0 rings (SSSR count). The van der Waals surface area contributed by atoms with Crippen LogP contribution in [-0.2, 0) is 0 Å². The van der Waals surface area contributed by atoms with Crippen molar-refractivity contribution in [3.8, 4) is 0 Å². The van der Waals surface area contributed by atoms with E-state index in [1.54, 1.807) is 0 Å². The highest BCUT2D eigenvalue weighted by Gasteiger charge is 1.96. The van der Waals surface area contributed by atoms with Gasteiger partial charge in [-0.3, -0.25) is 0 Å². The SMILES string of the molecule is BBBBBBBBBB.ClCCl. The van der Waals surface area contributed by atoms with Crippen LogP contribution in [0.2, 0.25) is 0 Å². The van der Waals surface area contributed by atoms with Gasteiger partial charge in [0.2, 0.25) is 0 Å². The predicted octanol–water partition coefficient (Wildman–Crippen LogP) is -5.60. The Bertz CT molecular complexity index is 61.9. The van der Waals surface area contributed by atoms with Crippen LogP contribution < -0.4 is 0 Å². The molecule has 0 nitrogen and oxygen atoms in total. The van der Waals surface area contributed by atoms with Gasteiger partial charge in [-0.2, -0.15) is 0 Å². The van der Waals surface area contributed by atoms with E-state index in [0.717, 1.165) is 0 Å². The molecule has 0 aliphatic carbocycles. The lowest BCUT2D eigenvalue weighted by Crippen LogP contribution is -2.30. The Balaban J connectivity index is 0. The average molecular weight is 205 g/mol. The molecule has 0 saturated carbocycles. The first-order valence-corrected chi connectivity index (χ1v) is 6.52. The molecule has 62 valence electrons. The van der Waals surface area contributed by atoms with Gasteiger partial charge in [-0.15, -0.1) is 23.2 Å². The molecule has 0 N–H and O–H groups in total. The van der Waals surface area contributed by atoms with Gasteiger partial charge < -0.3 is 0 Å². The molecule has 0 bridgehead atoms. The standard InChI is InChI=1S/CH2Cl2.B10H12/c2-1-3;1-3-5-7-9-10-8-6-4-2/h1H2;3-10H,1-2H2. The minimum Gasteiger partial charge on any atom is -0.109 e. The van der Waals surface area contributed by atoms with E-state index in [1.165, 1.54) is 56.5 Å². The zero-order valence-corrected chi connectivity index (χ0v) is 10.6. The monoisotopic (exact) mass is 206 g/mol. The Morgan fingerprint density at radius 3 is 1.15 bits per heavy atom. The summed E-state index contributed by atoms with van der Waals surface area (Å²) < 4.78 is 0. The van der Waals surface area contributed by atoms with Gasteiger partial charge >= 0.3 is 0 Å². The normalized spacial score (nSPS) is 6.62. The van der Waals surface area contributed by atoms with Crippen molar-refractivity contribution in [2.45, 2.75) is 0 Å². The van der Waals surface area contributed by atoms with E-state index in [0.29, 0.717) is 0 Å². The Kier molecular flexibility index (Phi) is 24.2. The summed E-state index contributed by atoms with van der Waals surface area (Å²) >= 11 is 9.53. The van der Waals surface area contributed by atoms with Gasteiger partial charge in [-0.05, 0) is 0 Å². The summed E-state index contributed by atoms with van der Waals surface area (Å²) in [6.45, 7) is 0. The van der Waals surface area contributed by atoms with E-state index in [2.05, 4.69) is 15.5 Å². The van der Waals surface area contributed by atoms with Crippen LogP contribution in [0.3, 0.4) is 0 Å². The summed E-state index contributed by atoms with van der Waals surface area (Å²) in [5.41, 5.74) is 0. The summed E-state index contributed by atoms with van der Waals surface area (Å²) in [7, 11) is 16.0. The molecule has 0 spiro atoms. The van der Waals surface area contributed by atoms with Crippen LogP contribution in [0, 0.1) is 0 Å². The molecule has 0 amide bonds. The molecule has 0 aliphatic heterocycles. The van der Waals surface area contributed by atoms with Crippen LogP contribution in [0.15, 0.2) is 0 Å². The number of halogens is 2. The molecule has 12 heteroatoms. The molecule has 0 unspecified atom stereocenters. The summed E-state index contributed by atoms with van der Waals surface area (Å²) in [6.07, 6.45) is 0. The first-order chi connectivity index (χ1) is 6.33. The van der Waals surface area contributed by atoms with Gasteiger partial charge in [0.05, 0.1) is 20.8 Å². The fourth-order valence-electron chi connectivity index (χ4n) is 1.21. The maximum absolute atomic E-state index is 4.76. The zero-order chi connectivity index (χ0) is 10.4. The number of rotatable bonds is 7. The molecule has 0 radical (unpaired) electrons. The van der Waals surface area contributed by atoms with Gasteiger partial charge in [-0.25, -0.2) is 0 Å². The van der Waals surface area contributed by atoms with Gasteiger partial charge in [0.15, 0.2) is 0 Å². The van der Waals surface area contributed by atoms with Crippen molar-refractivity contribution < 1.29 is 0 Å². The van der Waals surface area contributed by atoms with E-state index in [1.807, 2.05) is 0 Å². The van der Waals surface area contributed by atoms with Crippen molar-refractivity contribution in [2.75, 3.05) is 5.34 Å². The van der Waals surface area contributed by atoms with Crippen LogP contribution in [0.4, 0.5) is 0 Å². The second-order valence-electron chi connectivity index (χ2n) is 3.22. The minimum absolute atomic E-state index is 0.194. The topological polar surface area (TPSA) is 0 Å². The van der Waals surface area contributed by atoms with Crippen LogP contribution in [0.5, 0.6) is 0 Å². The third-order valence-corrected chi connectivity index (χ3v) is 1.96. The molecular weight excluding hydrogens is 191 g/mol. The molecule has 0 fully saturated rings.